The van der Waals surface area contributed by atoms with Crippen LogP contribution in [0.3, 0.4) is 0 Å². The molecule has 1 amide bonds. The van der Waals surface area contributed by atoms with Crippen LogP contribution in [0.25, 0.3) is 21.3 Å². The standard InChI is InChI=1S/C17H14N4OS2/c1-21-13-8-4-2-6-11(13)19-17(21)23-10-15(22)20-16-18-12-7-3-5-9-14(12)24-16/h2-9H,10H2,1H3,(H,18,20,22)/p+1. The maximum Gasteiger partial charge on any atom is 0.317 e. The van der Waals surface area contributed by atoms with Crippen LogP contribution in [0, 0.1) is 0 Å². The first kappa shape index (κ1) is 15.2. The van der Waals surface area contributed by atoms with E-state index >= 15 is 0 Å². The Balaban J connectivity index is 1.45. The fourth-order valence-electron chi connectivity index (χ4n) is 2.53. The fourth-order valence-corrected chi connectivity index (χ4v) is 4.22. The SMILES string of the molecule is C[n+]1c(SCC(=O)Nc2nc3ccccc3s2)[nH]c2ccccc21. The van der Waals surface area contributed by atoms with Crippen molar-refractivity contribution in [2.75, 3.05) is 11.1 Å². The third kappa shape index (κ3) is 2.88. The van der Waals surface area contributed by atoms with E-state index in [1.54, 1.807) is 0 Å². The molecule has 0 aliphatic rings. The summed E-state index contributed by atoms with van der Waals surface area (Å²) in [5, 5.41) is 4.48. The van der Waals surface area contributed by atoms with Crippen molar-refractivity contribution in [2.45, 2.75) is 5.16 Å². The number of imidazole rings is 1. The van der Waals surface area contributed by atoms with Gasteiger partial charge in [0.05, 0.1) is 23.0 Å². The van der Waals surface area contributed by atoms with Crippen molar-refractivity contribution >= 4 is 55.4 Å². The van der Waals surface area contributed by atoms with Crippen molar-refractivity contribution in [1.29, 1.82) is 0 Å². The molecule has 24 heavy (non-hydrogen) atoms. The highest BCUT2D eigenvalue weighted by molar-refractivity contribution is 7.99. The van der Waals surface area contributed by atoms with Gasteiger partial charge in [-0.2, -0.15) is 0 Å². The fraction of sp³-hybridized carbons (Fsp3) is 0.118. The zero-order valence-corrected chi connectivity index (χ0v) is 14.6. The first-order valence-corrected chi connectivity index (χ1v) is 9.26. The number of benzene rings is 2. The Bertz CT molecular complexity index is 1000. The van der Waals surface area contributed by atoms with Gasteiger partial charge in [0.1, 0.15) is 0 Å². The highest BCUT2D eigenvalue weighted by Gasteiger charge is 2.17. The average Bonchev–Trinajstić information content (AvgIpc) is 3.14. The second kappa shape index (κ2) is 6.26. The van der Waals surface area contributed by atoms with Crippen LogP contribution in [0.1, 0.15) is 0 Å². The van der Waals surface area contributed by atoms with E-state index in [-0.39, 0.29) is 5.91 Å². The zero-order valence-electron chi connectivity index (χ0n) is 12.9. The van der Waals surface area contributed by atoms with Gasteiger partial charge in [-0.05, 0) is 36.0 Å². The first-order valence-electron chi connectivity index (χ1n) is 7.46. The van der Waals surface area contributed by atoms with Crippen LogP contribution >= 0.6 is 23.1 Å². The minimum atomic E-state index is -0.0577. The van der Waals surface area contributed by atoms with Gasteiger partial charge in [0.2, 0.25) is 5.91 Å². The Morgan fingerprint density at radius 2 is 2.04 bits per heavy atom. The van der Waals surface area contributed by atoms with E-state index in [4.69, 9.17) is 0 Å². The number of aromatic nitrogens is 3. The molecule has 0 aliphatic carbocycles. The molecule has 0 atom stereocenters. The molecule has 2 N–H and O–H groups in total. The molecule has 0 spiro atoms. The van der Waals surface area contributed by atoms with Crippen molar-refractivity contribution in [1.82, 2.24) is 9.97 Å². The van der Waals surface area contributed by atoms with E-state index in [1.165, 1.54) is 23.1 Å². The van der Waals surface area contributed by atoms with Gasteiger partial charge < -0.3 is 5.32 Å². The van der Waals surface area contributed by atoms with Gasteiger partial charge in [0, 0.05) is 0 Å². The number of nitrogens with one attached hydrogen (secondary N) is 2. The molecule has 0 bridgehead atoms. The molecule has 0 radical (unpaired) electrons. The molecule has 0 fully saturated rings. The summed E-state index contributed by atoms with van der Waals surface area (Å²) in [4.78, 5) is 20.0. The van der Waals surface area contributed by atoms with Crippen molar-refractivity contribution in [2.24, 2.45) is 7.05 Å². The smallest absolute Gasteiger partial charge is 0.301 e. The van der Waals surface area contributed by atoms with Crippen LogP contribution in [-0.2, 0) is 11.8 Å². The maximum absolute atomic E-state index is 12.2. The number of aromatic amines is 1. The molecule has 0 unspecified atom stereocenters. The number of carbonyl (C=O) groups excluding carboxylic acids is 1. The van der Waals surface area contributed by atoms with Crippen LogP contribution in [-0.4, -0.2) is 21.6 Å². The molecule has 2 aromatic carbocycles. The van der Waals surface area contributed by atoms with Crippen molar-refractivity contribution < 1.29 is 9.36 Å². The molecule has 7 heteroatoms. The number of hydrogen-bond donors (Lipinski definition) is 2. The Morgan fingerprint density at radius 1 is 1.25 bits per heavy atom. The predicted molar refractivity (Wildman–Crippen MR) is 98.4 cm³/mol. The Labute approximate surface area is 146 Å². The zero-order chi connectivity index (χ0) is 16.5. The number of aryl methyl sites for hydroxylation is 1. The molecule has 4 rings (SSSR count). The summed E-state index contributed by atoms with van der Waals surface area (Å²) in [6.07, 6.45) is 0. The number of anilines is 1. The molecular formula is C17H15N4OS2+. The number of para-hydroxylation sites is 3. The van der Waals surface area contributed by atoms with E-state index in [9.17, 15) is 4.79 Å². The summed E-state index contributed by atoms with van der Waals surface area (Å²) in [6, 6.07) is 15.9. The van der Waals surface area contributed by atoms with Gasteiger partial charge in [0.15, 0.2) is 16.2 Å². The Kier molecular flexibility index (Phi) is 3.95. The highest BCUT2D eigenvalue weighted by Crippen LogP contribution is 2.25. The molecule has 4 aromatic rings. The van der Waals surface area contributed by atoms with Crippen molar-refractivity contribution in [3.8, 4) is 0 Å². The lowest BCUT2D eigenvalue weighted by atomic mass is 10.3. The third-order valence-corrected chi connectivity index (χ3v) is 5.70. The summed E-state index contributed by atoms with van der Waals surface area (Å²) < 4.78 is 3.13. The third-order valence-electron chi connectivity index (χ3n) is 3.69. The normalized spacial score (nSPS) is 11.2. The summed E-state index contributed by atoms with van der Waals surface area (Å²) in [7, 11) is 1.99. The van der Waals surface area contributed by atoms with Crippen LogP contribution < -0.4 is 9.88 Å². The lowest BCUT2D eigenvalue weighted by Crippen LogP contribution is -2.29. The summed E-state index contributed by atoms with van der Waals surface area (Å²) in [5.41, 5.74) is 3.09. The Hall–Kier alpha value is -2.38. The van der Waals surface area contributed by atoms with Crippen molar-refractivity contribution in [3.05, 3.63) is 48.5 Å². The highest BCUT2D eigenvalue weighted by atomic mass is 32.2. The van der Waals surface area contributed by atoms with Gasteiger partial charge >= 0.3 is 5.16 Å². The second-order valence-electron chi connectivity index (χ2n) is 5.33. The van der Waals surface area contributed by atoms with Crippen LogP contribution in [0.5, 0.6) is 0 Å². The van der Waals surface area contributed by atoms with Crippen molar-refractivity contribution in [3.63, 3.8) is 0 Å². The molecule has 0 saturated carbocycles. The topological polar surface area (TPSA) is 61.7 Å². The summed E-state index contributed by atoms with van der Waals surface area (Å²) >= 11 is 2.97. The van der Waals surface area contributed by atoms with Crippen LogP contribution in [0.15, 0.2) is 53.7 Å². The number of amides is 1. The van der Waals surface area contributed by atoms with Crippen LogP contribution in [0.4, 0.5) is 5.13 Å². The van der Waals surface area contributed by atoms with Gasteiger partial charge in [-0.1, -0.05) is 35.6 Å². The number of thiazole rings is 1. The average molecular weight is 355 g/mol. The second-order valence-corrected chi connectivity index (χ2v) is 7.32. The first-order chi connectivity index (χ1) is 11.7. The largest absolute Gasteiger partial charge is 0.317 e. The molecular weight excluding hydrogens is 340 g/mol. The Morgan fingerprint density at radius 3 is 2.88 bits per heavy atom. The maximum atomic E-state index is 12.2. The number of nitrogens with zero attached hydrogens (tertiary/aromatic N) is 2. The lowest BCUT2D eigenvalue weighted by molar-refractivity contribution is -0.683. The number of fused-ring (bicyclic) bond motifs is 2. The summed E-state index contributed by atoms with van der Waals surface area (Å²) in [6.45, 7) is 0. The number of H-pyrrole nitrogens is 1. The number of rotatable bonds is 4. The van der Waals surface area contributed by atoms with Gasteiger partial charge in [-0.3, -0.25) is 4.79 Å². The molecule has 2 aromatic heterocycles. The van der Waals surface area contributed by atoms with E-state index in [0.29, 0.717) is 10.9 Å². The van der Waals surface area contributed by atoms with E-state index in [2.05, 4.69) is 25.9 Å². The van der Waals surface area contributed by atoms with Gasteiger partial charge in [-0.15, -0.1) is 0 Å². The molecule has 5 nitrogen and oxygen atoms in total. The quantitative estimate of drug-likeness (QED) is 0.436. The number of thioether (sulfide) groups is 1. The minimum Gasteiger partial charge on any atom is -0.301 e. The number of carbonyl (C=O) groups is 1. The van der Waals surface area contributed by atoms with Gasteiger partial charge in [-0.25, -0.2) is 14.5 Å². The number of hydrogen-bond acceptors (Lipinski definition) is 4. The monoisotopic (exact) mass is 355 g/mol. The lowest BCUT2D eigenvalue weighted by Gasteiger charge is -1.99. The molecule has 0 saturated heterocycles. The van der Waals surface area contributed by atoms with Gasteiger partial charge in [0.25, 0.3) is 0 Å². The molecule has 2 heterocycles. The van der Waals surface area contributed by atoms with Crippen LogP contribution in [0.2, 0.25) is 0 Å². The van der Waals surface area contributed by atoms with E-state index < -0.39 is 0 Å². The molecule has 0 aliphatic heterocycles. The predicted octanol–water partition coefficient (Wildman–Crippen LogP) is 3.33. The van der Waals surface area contributed by atoms with E-state index in [1.807, 2.05) is 49.5 Å². The molecule has 120 valence electrons. The minimum absolute atomic E-state index is 0.0577. The van der Waals surface area contributed by atoms with E-state index in [0.717, 1.165) is 26.4 Å². The summed E-state index contributed by atoms with van der Waals surface area (Å²) in [5.74, 6) is 0.272.